The summed E-state index contributed by atoms with van der Waals surface area (Å²) in [5.41, 5.74) is 2.98. The molecule has 4 rings (SSSR count). The maximum atomic E-state index is 12.9. The van der Waals surface area contributed by atoms with E-state index in [2.05, 4.69) is 25.5 Å². The van der Waals surface area contributed by atoms with Crippen molar-refractivity contribution in [1.29, 1.82) is 0 Å². The summed E-state index contributed by atoms with van der Waals surface area (Å²) in [6.45, 7) is 2.64. The molecule has 0 saturated carbocycles. The lowest BCUT2D eigenvalue weighted by Gasteiger charge is -2.35. The molecule has 1 fully saturated rings. The number of nitrogens with one attached hydrogen (secondary N) is 2. The second-order valence-corrected chi connectivity index (χ2v) is 7.13. The van der Waals surface area contributed by atoms with E-state index in [1.54, 1.807) is 6.20 Å². The van der Waals surface area contributed by atoms with Gasteiger partial charge in [0.2, 0.25) is 0 Å². The molecular formula is C21H24N6O. The fourth-order valence-corrected chi connectivity index (χ4v) is 3.65. The standard InChI is InChI=1S/C21H24N6O/c1-15-23-20(26-25-15)13-16-7-9-18(10-8-16)24-21(28)27-12-3-2-6-19(27)17-5-4-11-22-14-17/h4-5,7-11,14,19H,2-3,6,12-13H2,1H3,(H,24,28)(H,23,25,26)/t19-/m1/s1. The minimum atomic E-state index is -0.0640. The number of hydrogen-bond acceptors (Lipinski definition) is 4. The summed E-state index contributed by atoms with van der Waals surface area (Å²) in [4.78, 5) is 23.4. The zero-order chi connectivity index (χ0) is 19.3. The van der Waals surface area contributed by atoms with Crippen molar-refractivity contribution in [2.75, 3.05) is 11.9 Å². The van der Waals surface area contributed by atoms with Crippen LogP contribution in [0.5, 0.6) is 0 Å². The quantitative estimate of drug-likeness (QED) is 0.724. The van der Waals surface area contributed by atoms with Gasteiger partial charge >= 0.3 is 6.03 Å². The number of carbonyl (C=O) groups excluding carboxylic acids is 1. The van der Waals surface area contributed by atoms with E-state index < -0.39 is 0 Å². The molecule has 7 nitrogen and oxygen atoms in total. The molecule has 2 amide bonds. The Morgan fingerprint density at radius 2 is 2.11 bits per heavy atom. The number of benzene rings is 1. The van der Waals surface area contributed by atoms with E-state index >= 15 is 0 Å². The maximum absolute atomic E-state index is 12.9. The topological polar surface area (TPSA) is 86.8 Å². The number of carbonyl (C=O) groups is 1. The second kappa shape index (κ2) is 8.21. The summed E-state index contributed by atoms with van der Waals surface area (Å²) in [7, 11) is 0. The minimum absolute atomic E-state index is 0.0640. The predicted octanol–water partition coefficient (Wildman–Crippen LogP) is 3.86. The third kappa shape index (κ3) is 4.19. The summed E-state index contributed by atoms with van der Waals surface area (Å²) in [5, 5.41) is 10.1. The molecule has 144 valence electrons. The number of pyridine rings is 1. The first-order valence-corrected chi connectivity index (χ1v) is 9.63. The van der Waals surface area contributed by atoms with Gasteiger partial charge in [-0.2, -0.15) is 5.10 Å². The van der Waals surface area contributed by atoms with Crippen LogP contribution in [-0.4, -0.2) is 37.6 Å². The maximum Gasteiger partial charge on any atom is 0.322 e. The largest absolute Gasteiger partial charge is 0.322 e. The summed E-state index contributed by atoms with van der Waals surface area (Å²) in [5.74, 6) is 1.57. The number of anilines is 1. The molecule has 1 aromatic carbocycles. The molecule has 1 aliphatic rings. The van der Waals surface area contributed by atoms with Gasteiger partial charge in [-0.1, -0.05) is 18.2 Å². The molecule has 2 N–H and O–H groups in total. The molecule has 3 heterocycles. The molecular weight excluding hydrogens is 352 g/mol. The predicted molar refractivity (Wildman–Crippen MR) is 107 cm³/mol. The molecule has 2 aromatic heterocycles. The molecule has 1 aliphatic heterocycles. The Balaban J connectivity index is 1.42. The number of nitrogens with zero attached hydrogens (tertiary/aromatic N) is 4. The number of hydrogen-bond donors (Lipinski definition) is 2. The lowest BCUT2D eigenvalue weighted by atomic mass is 9.97. The molecule has 28 heavy (non-hydrogen) atoms. The van der Waals surface area contributed by atoms with Gasteiger partial charge in [-0.15, -0.1) is 0 Å². The molecule has 0 bridgehead atoms. The summed E-state index contributed by atoms with van der Waals surface area (Å²) in [6.07, 6.45) is 7.40. The van der Waals surface area contributed by atoms with E-state index in [9.17, 15) is 4.79 Å². The van der Waals surface area contributed by atoms with Crippen LogP contribution in [0.1, 0.15) is 48.1 Å². The third-order valence-electron chi connectivity index (χ3n) is 5.04. The Hall–Kier alpha value is -3.22. The van der Waals surface area contributed by atoms with Crippen LogP contribution < -0.4 is 5.32 Å². The molecule has 0 aliphatic carbocycles. The lowest BCUT2D eigenvalue weighted by molar-refractivity contribution is 0.163. The molecule has 0 unspecified atom stereocenters. The Bertz CT molecular complexity index is 922. The second-order valence-electron chi connectivity index (χ2n) is 7.13. The van der Waals surface area contributed by atoms with Crippen LogP contribution in [0.2, 0.25) is 0 Å². The van der Waals surface area contributed by atoms with Crippen molar-refractivity contribution in [3.05, 3.63) is 71.6 Å². The van der Waals surface area contributed by atoms with Crippen molar-refractivity contribution in [2.45, 2.75) is 38.6 Å². The van der Waals surface area contributed by atoms with Gasteiger partial charge in [0.25, 0.3) is 0 Å². The zero-order valence-electron chi connectivity index (χ0n) is 15.9. The number of rotatable bonds is 4. The number of piperidine rings is 1. The average Bonchev–Trinajstić information content (AvgIpc) is 3.14. The van der Waals surface area contributed by atoms with Crippen LogP contribution in [0.3, 0.4) is 0 Å². The first-order chi connectivity index (χ1) is 13.7. The highest BCUT2D eigenvalue weighted by Gasteiger charge is 2.28. The molecule has 0 spiro atoms. The van der Waals surface area contributed by atoms with E-state index in [1.807, 2.05) is 54.4 Å². The fourth-order valence-electron chi connectivity index (χ4n) is 3.65. The number of amides is 2. The van der Waals surface area contributed by atoms with Crippen LogP contribution in [0.15, 0.2) is 48.8 Å². The van der Waals surface area contributed by atoms with Crippen molar-refractivity contribution in [1.82, 2.24) is 25.1 Å². The summed E-state index contributed by atoms with van der Waals surface area (Å²) >= 11 is 0. The fraction of sp³-hybridized carbons (Fsp3) is 0.333. The molecule has 1 atom stereocenters. The summed E-state index contributed by atoms with van der Waals surface area (Å²) in [6, 6.07) is 11.8. The SMILES string of the molecule is Cc1nc(Cc2ccc(NC(=O)N3CCCC[C@@H]3c3cccnc3)cc2)n[nH]1. The molecule has 0 radical (unpaired) electrons. The molecule has 1 saturated heterocycles. The van der Waals surface area contributed by atoms with Crippen LogP contribution in [0.4, 0.5) is 10.5 Å². The van der Waals surface area contributed by atoms with Crippen LogP contribution in [0.25, 0.3) is 0 Å². The smallest absolute Gasteiger partial charge is 0.317 e. The van der Waals surface area contributed by atoms with Gasteiger partial charge in [-0.3, -0.25) is 10.1 Å². The van der Waals surface area contributed by atoms with Gasteiger partial charge in [-0.25, -0.2) is 9.78 Å². The van der Waals surface area contributed by atoms with Crippen molar-refractivity contribution >= 4 is 11.7 Å². The first-order valence-electron chi connectivity index (χ1n) is 9.63. The number of aromatic amines is 1. The van der Waals surface area contributed by atoms with Crippen molar-refractivity contribution < 1.29 is 4.79 Å². The zero-order valence-corrected chi connectivity index (χ0v) is 15.9. The van der Waals surface area contributed by atoms with Crippen LogP contribution in [0, 0.1) is 6.92 Å². The Kier molecular flexibility index (Phi) is 5.32. The molecule has 7 heteroatoms. The highest BCUT2D eigenvalue weighted by atomic mass is 16.2. The normalized spacial score (nSPS) is 16.8. The van der Waals surface area contributed by atoms with Crippen molar-refractivity contribution in [3.63, 3.8) is 0 Å². The highest BCUT2D eigenvalue weighted by molar-refractivity contribution is 5.89. The first kappa shape index (κ1) is 18.2. The van der Waals surface area contributed by atoms with Gasteiger partial charge in [0, 0.05) is 31.0 Å². The number of H-pyrrole nitrogens is 1. The minimum Gasteiger partial charge on any atom is -0.317 e. The number of likely N-dealkylation sites (tertiary alicyclic amines) is 1. The number of aromatic nitrogens is 4. The lowest BCUT2D eigenvalue weighted by Crippen LogP contribution is -2.41. The van der Waals surface area contributed by atoms with Crippen LogP contribution in [-0.2, 0) is 6.42 Å². The number of urea groups is 1. The van der Waals surface area contributed by atoms with E-state index in [0.29, 0.717) is 6.42 Å². The van der Waals surface area contributed by atoms with Crippen molar-refractivity contribution in [2.24, 2.45) is 0 Å². The Morgan fingerprint density at radius 1 is 1.25 bits per heavy atom. The molecule has 3 aromatic rings. The van der Waals surface area contributed by atoms with Gasteiger partial charge in [-0.05, 0) is 55.5 Å². The van der Waals surface area contributed by atoms with E-state index in [-0.39, 0.29) is 12.1 Å². The van der Waals surface area contributed by atoms with Gasteiger partial charge in [0.15, 0.2) is 5.82 Å². The van der Waals surface area contributed by atoms with Crippen molar-refractivity contribution in [3.8, 4) is 0 Å². The van der Waals surface area contributed by atoms with Crippen LogP contribution >= 0.6 is 0 Å². The van der Waals surface area contributed by atoms with E-state index in [1.165, 1.54) is 0 Å². The summed E-state index contributed by atoms with van der Waals surface area (Å²) < 4.78 is 0. The van der Waals surface area contributed by atoms with E-state index in [0.717, 1.165) is 54.3 Å². The van der Waals surface area contributed by atoms with Gasteiger partial charge in [0.05, 0.1) is 6.04 Å². The van der Waals surface area contributed by atoms with E-state index in [4.69, 9.17) is 0 Å². The van der Waals surface area contributed by atoms with Gasteiger partial charge in [0.1, 0.15) is 5.82 Å². The Morgan fingerprint density at radius 3 is 2.82 bits per heavy atom. The highest BCUT2D eigenvalue weighted by Crippen LogP contribution is 2.31. The monoisotopic (exact) mass is 376 g/mol. The van der Waals surface area contributed by atoms with Gasteiger partial charge < -0.3 is 10.2 Å². The third-order valence-corrected chi connectivity index (χ3v) is 5.04. The average molecular weight is 376 g/mol. The Labute approximate surface area is 164 Å². The number of aryl methyl sites for hydroxylation is 1.